The summed E-state index contributed by atoms with van der Waals surface area (Å²) in [5, 5.41) is 6.77. The van der Waals surface area contributed by atoms with Crippen molar-refractivity contribution in [2.24, 2.45) is 10.9 Å². The minimum absolute atomic E-state index is 0.597. The molecule has 2 rings (SSSR count). The summed E-state index contributed by atoms with van der Waals surface area (Å²) >= 11 is 0. The standard InChI is InChI=1S/C18H30N4O2/c1-5-19-18(21-12-15-8-9-22(2)13-15)20-11-14-6-7-16(23-3)17(10-14)24-4/h6-7,10,15H,5,8-9,11-13H2,1-4H3,(H2,19,20,21). The van der Waals surface area contributed by atoms with E-state index in [-0.39, 0.29) is 0 Å². The van der Waals surface area contributed by atoms with Crippen molar-refractivity contribution >= 4 is 5.96 Å². The van der Waals surface area contributed by atoms with Crippen LogP contribution in [0.3, 0.4) is 0 Å². The number of nitrogens with zero attached hydrogens (tertiary/aromatic N) is 2. The molecule has 24 heavy (non-hydrogen) atoms. The molecule has 1 heterocycles. The highest BCUT2D eigenvalue weighted by molar-refractivity contribution is 5.79. The van der Waals surface area contributed by atoms with Gasteiger partial charge in [0.05, 0.1) is 20.8 Å². The molecule has 1 aliphatic heterocycles. The maximum absolute atomic E-state index is 5.35. The largest absolute Gasteiger partial charge is 0.493 e. The molecule has 0 spiro atoms. The van der Waals surface area contributed by atoms with Crippen LogP contribution in [-0.4, -0.2) is 58.3 Å². The van der Waals surface area contributed by atoms with Gasteiger partial charge in [-0.25, -0.2) is 4.99 Å². The predicted octanol–water partition coefficient (Wildman–Crippen LogP) is 1.71. The van der Waals surface area contributed by atoms with Crippen molar-refractivity contribution in [3.8, 4) is 11.5 Å². The molecule has 1 atom stereocenters. The van der Waals surface area contributed by atoms with Crippen LogP contribution in [0.1, 0.15) is 18.9 Å². The number of methoxy groups -OCH3 is 2. The predicted molar refractivity (Wildman–Crippen MR) is 98.0 cm³/mol. The molecule has 1 aromatic carbocycles. The van der Waals surface area contributed by atoms with E-state index in [2.05, 4.69) is 34.5 Å². The highest BCUT2D eigenvalue weighted by Gasteiger charge is 2.19. The van der Waals surface area contributed by atoms with Crippen LogP contribution < -0.4 is 20.1 Å². The van der Waals surface area contributed by atoms with Gasteiger partial charge in [-0.1, -0.05) is 6.07 Å². The Labute approximate surface area is 145 Å². The molecule has 1 saturated heterocycles. The first-order valence-electron chi connectivity index (χ1n) is 8.57. The van der Waals surface area contributed by atoms with Crippen molar-refractivity contribution < 1.29 is 9.47 Å². The number of ether oxygens (including phenoxy) is 2. The number of hydrogen-bond donors (Lipinski definition) is 2. The summed E-state index contributed by atoms with van der Waals surface area (Å²) in [6, 6.07) is 5.90. The van der Waals surface area contributed by atoms with E-state index in [0.717, 1.165) is 42.7 Å². The van der Waals surface area contributed by atoms with Crippen molar-refractivity contribution in [3.63, 3.8) is 0 Å². The molecule has 0 aromatic heterocycles. The fourth-order valence-electron chi connectivity index (χ4n) is 2.93. The Morgan fingerprint density at radius 1 is 1.25 bits per heavy atom. The van der Waals surface area contributed by atoms with E-state index in [1.807, 2.05) is 18.2 Å². The van der Waals surface area contributed by atoms with E-state index >= 15 is 0 Å². The molecule has 1 unspecified atom stereocenters. The maximum atomic E-state index is 5.35. The van der Waals surface area contributed by atoms with E-state index in [9.17, 15) is 0 Å². The van der Waals surface area contributed by atoms with Gasteiger partial charge >= 0.3 is 0 Å². The first-order chi connectivity index (χ1) is 11.7. The van der Waals surface area contributed by atoms with Crippen molar-refractivity contribution in [1.82, 2.24) is 15.5 Å². The fourth-order valence-corrected chi connectivity index (χ4v) is 2.93. The average Bonchev–Trinajstić information content (AvgIpc) is 3.02. The molecule has 6 nitrogen and oxygen atoms in total. The van der Waals surface area contributed by atoms with Crippen molar-refractivity contribution in [2.45, 2.75) is 19.9 Å². The smallest absolute Gasteiger partial charge is 0.191 e. The number of rotatable bonds is 7. The molecule has 0 aliphatic carbocycles. The van der Waals surface area contributed by atoms with Gasteiger partial charge in [-0.05, 0) is 50.6 Å². The van der Waals surface area contributed by atoms with Gasteiger partial charge < -0.3 is 25.0 Å². The molecule has 6 heteroatoms. The zero-order valence-electron chi connectivity index (χ0n) is 15.3. The lowest BCUT2D eigenvalue weighted by atomic mass is 10.1. The van der Waals surface area contributed by atoms with Crippen LogP contribution >= 0.6 is 0 Å². The summed E-state index contributed by atoms with van der Waals surface area (Å²) in [5.74, 6) is 3.03. The number of aliphatic imine (C=N–C) groups is 1. The molecule has 0 saturated carbocycles. The topological polar surface area (TPSA) is 58.1 Å². The minimum Gasteiger partial charge on any atom is -0.493 e. The van der Waals surface area contributed by atoms with Gasteiger partial charge in [-0.15, -0.1) is 0 Å². The van der Waals surface area contributed by atoms with Crippen molar-refractivity contribution in [2.75, 3.05) is 47.4 Å². The lowest BCUT2D eigenvalue weighted by Gasteiger charge is -2.15. The minimum atomic E-state index is 0.597. The van der Waals surface area contributed by atoms with E-state index in [4.69, 9.17) is 9.47 Å². The van der Waals surface area contributed by atoms with Crippen LogP contribution in [0.25, 0.3) is 0 Å². The summed E-state index contributed by atoms with van der Waals surface area (Å²) < 4.78 is 10.6. The molecule has 0 amide bonds. The SMILES string of the molecule is CCNC(=NCc1ccc(OC)c(OC)c1)NCC1CCN(C)C1. The Morgan fingerprint density at radius 3 is 2.67 bits per heavy atom. The first-order valence-corrected chi connectivity index (χ1v) is 8.57. The van der Waals surface area contributed by atoms with Crippen LogP contribution in [0.5, 0.6) is 11.5 Å². The third-order valence-corrected chi connectivity index (χ3v) is 4.26. The van der Waals surface area contributed by atoms with Crippen LogP contribution in [0.15, 0.2) is 23.2 Å². The molecule has 134 valence electrons. The highest BCUT2D eigenvalue weighted by atomic mass is 16.5. The second-order valence-corrected chi connectivity index (χ2v) is 6.18. The quantitative estimate of drug-likeness (QED) is 0.587. The van der Waals surface area contributed by atoms with Gasteiger partial charge in [-0.3, -0.25) is 0 Å². The Kier molecular flexibility index (Phi) is 7.18. The number of nitrogens with one attached hydrogen (secondary N) is 2. The summed E-state index contributed by atoms with van der Waals surface area (Å²) in [5.41, 5.74) is 1.09. The first kappa shape index (κ1) is 18.4. The van der Waals surface area contributed by atoms with E-state index in [1.54, 1.807) is 14.2 Å². The van der Waals surface area contributed by atoms with Crippen LogP contribution in [0.4, 0.5) is 0 Å². The molecule has 0 bridgehead atoms. The Balaban J connectivity index is 1.94. The molecular weight excluding hydrogens is 304 g/mol. The monoisotopic (exact) mass is 334 g/mol. The number of guanidine groups is 1. The molecule has 0 radical (unpaired) electrons. The van der Waals surface area contributed by atoms with E-state index in [1.165, 1.54) is 13.0 Å². The van der Waals surface area contributed by atoms with Gasteiger partial charge in [-0.2, -0.15) is 0 Å². The second-order valence-electron chi connectivity index (χ2n) is 6.18. The molecule has 1 aliphatic rings. The number of hydrogen-bond acceptors (Lipinski definition) is 4. The Hall–Kier alpha value is -1.95. The van der Waals surface area contributed by atoms with Gasteiger partial charge in [0.1, 0.15) is 0 Å². The lowest BCUT2D eigenvalue weighted by molar-refractivity contribution is 0.354. The second kappa shape index (κ2) is 9.37. The summed E-state index contributed by atoms with van der Waals surface area (Å²) in [7, 11) is 5.47. The fraction of sp³-hybridized carbons (Fsp3) is 0.611. The van der Waals surface area contributed by atoms with Gasteiger partial charge in [0.2, 0.25) is 0 Å². The van der Waals surface area contributed by atoms with E-state index in [0.29, 0.717) is 12.5 Å². The van der Waals surface area contributed by atoms with Crippen LogP contribution in [-0.2, 0) is 6.54 Å². The summed E-state index contributed by atoms with van der Waals surface area (Å²) in [6.45, 7) is 6.83. The molecular formula is C18H30N4O2. The summed E-state index contributed by atoms with van der Waals surface area (Å²) in [4.78, 5) is 7.05. The van der Waals surface area contributed by atoms with Crippen molar-refractivity contribution in [1.29, 1.82) is 0 Å². The molecule has 1 aromatic rings. The molecule has 2 N–H and O–H groups in total. The highest BCUT2D eigenvalue weighted by Crippen LogP contribution is 2.27. The van der Waals surface area contributed by atoms with Crippen LogP contribution in [0.2, 0.25) is 0 Å². The van der Waals surface area contributed by atoms with Crippen LogP contribution in [0, 0.1) is 5.92 Å². The lowest BCUT2D eigenvalue weighted by Crippen LogP contribution is -2.40. The zero-order chi connectivity index (χ0) is 17.4. The Morgan fingerprint density at radius 2 is 2.04 bits per heavy atom. The normalized spacial score (nSPS) is 18.5. The third kappa shape index (κ3) is 5.30. The molecule has 1 fully saturated rings. The zero-order valence-corrected chi connectivity index (χ0v) is 15.3. The van der Waals surface area contributed by atoms with Crippen molar-refractivity contribution in [3.05, 3.63) is 23.8 Å². The average molecular weight is 334 g/mol. The Bertz CT molecular complexity index is 548. The number of benzene rings is 1. The summed E-state index contributed by atoms with van der Waals surface area (Å²) in [6.07, 6.45) is 1.25. The van der Waals surface area contributed by atoms with E-state index < -0.39 is 0 Å². The number of likely N-dealkylation sites (tertiary alicyclic amines) is 1. The van der Waals surface area contributed by atoms with Gasteiger partial charge in [0.25, 0.3) is 0 Å². The van der Waals surface area contributed by atoms with Gasteiger partial charge in [0.15, 0.2) is 17.5 Å². The van der Waals surface area contributed by atoms with Gasteiger partial charge in [0, 0.05) is 19.6 Å². The maximum Gasteiger partial charge on any atom is 0.191 e. The third-order valence-electron chi connectivity index (χ3n) is 4.26.